The zero-order valence-corrected chi connectivity index (χ0v) is 17.8. The summed E-state index contributed by atoms with van der Waals surface area (Å²) in [5.41, 5.74) is 3.61. The van der Waals surface area contributed by atoms with Gasteiger partial charge >= 0.3 is 5.69 Å². The molecule has 1 amide bonds. The number of hydrogen-bond acceptors (Lipinski definition) is 4. The lowest BCUT2D eigenvalue weighted by Gasteiger charge is -2.16. The summed E-state index contributed by atoms with van der Waals surface area (Å²) in [6.07, 6.45) is 2.03. The van der Waals surface area contributed by atoms with Crippen LogP contribution in [0.4, 0.5) is 0 Å². The maximum Gasteiger partial charge on any atom is 0.343 e. The number of rotatable bonds is 4. The molecule has 1 unspecified atom stereocenters. The standard InChI is InChI=1S/C24H24N6O2/c1-16-21(23(31)25-18-12-13-20-26-27-24(32)29(20)15-14-18)22(17-8-4-2-5-9-17)28-30(16)19-10-6-3-7-11-19/h2-11,18H,12-15H2,1H3,(H,25,31)(H,27,32). The molecule has 0 spiro atoms. The molecule has 0 fully saturated rings. The van der Waals surface area contributed by atoms with E-state index in [1.54, 1.807) is 4.57 Å². The Hall–Kier alpha value is -3.94. The van der Waals surface area contributed by atoms with E-state index < -0.39 is 0 Å². The van der Waals surface area contributed by atoms with Gasteiger partial charge in [0, 0.05) is 24.6 Å². The third kappa shape index (κ3) is 3.64. The number of aromatic nitrogens is 5. The molecule has 8 heteroatoms. The van der Waals surface area contributed by atoms with Gasteiger partial charge in [-0.25, -0.2) is 14.6 Å². The number of aryl methyl sites for hydroxylation is 1. The Bertz CT molecular complexity index is 1300. The highest BCUT2D eigenvalue weighted by atomic mass is 16.2. The topological polar surface area (TPSA) is 97.6 Å². The fourth-order valence-electron chi connectivity index (χ4n) is 4.30. The fraction of sp³-hybridized carbons (Fsp3) is 0.250. The van der Waals surface area contributed by atoms with E-state index in [2.05, 4.69) is 15.5 Å². The minimum absolute atomic E-state index is 0.0494. The van der Waals surface area contributed by atoms with E-state index in [-0.39, 0.29) is 17.6 Å². The quantitative estimate of drug-likeness (QED) is 0.522. The first-order chi connectivity index (χ1) is 15.6. The van der Waals surface area contributed by atoms with Crippen LogP contribution in [0.1, 0.15) is 34.7 Å². The van der Waals surface area contributed by atoms with E-state index in [4.69, 9.17) is 5.10 Å². The van der Waals surface area contributed by atoms with Crippen LogP contribution in [-0.4, -0.2) is 36.5 Å². The first kappa shape index (κ1) is 20.0. The Morgan fingerprint density at radius 1 is 1.06 bits per heavy atom. The summed E-state index contributed by atoms with van der Waals surface area (Å²) in [4.78, 5) is 25.4. The van der Waals surface area contributed by atoms with Crippen molar-refractivity contribution in [1.82, 2.24) is 29.9 Å². The molecular formula is C24H24N6O2. The van der Waals surface area contributed by atoms with Gasteiger partial charge in [0.25, 0.3) is 5.91 Å². The van der Waals surface area contributed by atoms with Crippen molar-refractivity contribution in [2.75, 3.05) is 0 Å². The molecule has 0 radical (unpaired) electrons. The number of H-pyrrole nitrogens is 1. The van der Waals surface area contributed by atoms with Gasteiger partial charge in [-0.05, 0) is 31.9 Å². The maximum absolute atomic E-state index is 13.5. The molecule has 2 N–H and O–H groups in total. The lowest BCUT2D eigenvalue weighted by atomic mass is 10.0. The van der Waals surface area contributed by atoms with E-state index in [1.165, 1.54) is 0 Å². The number of nitrogens with one attached hydrogen (secondary N) is 2. The van der Waals surface area contributed by atoms with Crippen molar-refractivity contribution in [3.8, 4) is 16.9 Å². The van der Waals surface area contributed by atoms with E-state index in [1.807, 2.05) is 72.3 Å². The summed E-state index contributed by atoms with van der Waals surface area (Å²) in [6.45, 7) is 2.45. The Morgan fingerprint density at radius 2 is 1.78 bits per heavy atom. The Balaban J connectivity index is 1.47. The van der Waals surface area contributed by atoms with Crippen LogP contribution in [-0.2, 0) is 13.0 Å². The molecule has 3 heterocycles. The number of carbonyl (C=O) groups is 1. The van der Waals surface area contributed by atoms with Gasteiger partial charge in [-0.3, -0.25) is 9.36 Å². The van der Waals surface area contributed by atoms with Gasteiger partial charge in [0.15, 0.2) is 0 Å². The molecule has 0 bridgehead atoms. The van der Waals surface area contributed by atoms with Crippen molar-refractivity contribution >= 4 is 5.91 Å². The van der Waals surface area contributed by atoms with E-state index >= 15 is 0 Å². The summed E-state index contributed by atoms with van der Waals surface area (Å²) < 4.78 is 3.47. The summed E-state index contributed by atoms with van der Waals surface area (Å²) in [5, 5.41) is 14.6. The highest BCUT2D eigenvalue weighted by molar-refractivity contribution is 6.01. The largest absolute Gasteiger partial charge is 0.349 e. The lowest BCUT2D eigenvalue weighted by molar-refractivity contribution is 0.0933. The summed E-state index contributed by atoms with van der Waals surface area (Å²) in [5.74, 6) is 0.590. The SMILES string of the molecule is Cc1c(C(=O)NC2CCc3n[nH]c(=O)n3CC2)c(-c2ccccc2)nn1-c1ccccc1. The minimum atomic E-state index is -0.196. The van der Waals surface area contributed by atoms with Crippen LogP contribution < -0.4 is 11.0 Å². The average molecular weight is 428 g/mol. The van der Waals surface area contributed by atoms with Crippen LogP contribution in [0, 0.1) is 6.92 Å². The molecule has 8 nitrogen and oxygen atoms in total. The second-order valence-electron chi connectivity index (χ2n) is 8.02. The zero-order chi connectivity index (χ0) is 22.1. The van der Waals surface area contributed by atoms with Gasteiger partial charge in [-0.1, -0.05) is 48.5 Å². The smallest absolute Gasteiger partial charge is 0.343 e. The van der Waals surface area contributed by atoms with Crippen molar-refractivity contribution in [1.29, 1.82) is 0 Å². The number of para-hydroxylation sites is 1. The Labute approximate surface area is 184 Å². The molecule has 2 aromatic carbocycles. The van der Waals surface area contributed by atoms with Crippen molar-refractivity contribution < 1.29 is 4.79 Å². The molecule has 0 saturated heterocycles. The number of nitrogens with zero attached hydrogens (tertiary/aromatic N) is 4. The van der Waals surface area contributed by atoms with Crippen LogP contribution in [0.2, 0.25) is 0 Å². The van der Waals surface area contributed by atoms with Crippen LogP contribution in [0.25, 0.3) is 16.9 Å². The van der Waals surface area contributed by atoms with Gasteiger partial charge in [0.05, 0.1) is 16.9 Å². The van der Waals surface area contributed by atoms with Gasteiger partial charge in [-0.2, -0.15) is 10.2 Å². The lowest BCUT2D eigenvalue weighted by Crippen LogP contribution is -2.36. The fourth-order valence-corrected chi connectivity index (χ4v) is 4.30. The third-order valence-corrected chi connectivity index (χ3v) is 5.98. The van der Waals surface area contributed by atoms with E-state index in [0.29, 0.717) is 30.6 Å². The molecule has 0 aliphatic carbocycles. The van der Waals surface area contributed by atoms with Gasteiger partial charge in [0.2, 0.25) is 0 Å². The van der Waals surface area contributed by atoms with Crippen LogP contribution in [0.15, 0.2) is 65.5 Å². The number of fused-ring (bicyclic) bond motifs is 1. The maximum atomic E-state index is 13.5. The normalized spacial score (nSPS) is 15.7. The number of carbonyl (C=O) groups excluding carboxylic acids is 1. The molecule has 1 aliphatic rings. The second kappa shape index (κ2) is 8.30. The third-order valence-electron chi connectivity index (χ3n) is 5.98. The molecule has 0 saturated carbocycles. The van der Waals surface area contributed by atoms with Crippen molar-refractivity contribution in [2.45, 2.75) is 38.8 Å². The molecule has 5 rings (SSSR count). The first-order valence-corrected chi connectivity index (χ1v) is 10.8. The Morgan fingerprint density at radius 3 is 2.53 bits per heavy atom. The highest BCUT2D eigenvalue weighted by Gasteiger charge is 2.26. The molecule has 1 aliphatic heterocycles. The summed E-state index contributed by atoms with van der Waals surface area (Å²) in [6, 6.07) is 19.5. The number of aromatic amines is 1. The van der Waals surface area contributed by atoms with Gasteiger partial charge < -0.3 is 5.32 Å². The highest BCUT2D eigenvalue weighted by Crippen LogP contribution is 2.27. The predicted molar refractivity (Wildman–Crippen MR) is 121 cm³/mol. The molecular weight excluding hydrogens is 404 g/mol. The van der Waals surface area contributed by atoms with E-state index in [9.17, 15) is 9.59 Å². The number of amides is 1. The van der Waals surface area contributed by atoms with Gasteiger partial charge in [-0.15, -0.1) is 0 Å². The molecule has 1 atom stereocenters. The first-order valence-electron chi connectivity index (χ1n) is 10.8. The van der Waals surface area contributed by atoms with Crippen LogP contribution >= 0.6 is 0 Å². The van der Waals surface area contributed by atoms with E-state index in [0.717, 1.165) is 29.2 Å². The average Bonchev–Trinajstić information content (AvgIpc) is 3.28. The number of hydrogen-bond donors (Lipinski definition) is 2. The second-order valence-corrected chi connectivity index (χ2v) is 8.02. The molecule has 2 aromatic heterocycles. The minimum Gasteiger partial charge on any atom is -0.349 e. The van der Waals surface area contributed by atoms with Gasteiger partial charge in [0.1, 0.15) is 11.5 Å². The number of benzene rings is 2. The monoisotopic (exact) mass is 428 g/mol. The molecule has 162 valence electrons. The summed E-state index contributed by atoms with van der Waals surface area (Å²) in [7, 11) is 0. The van der Waals surface area contributed by atoms with Crippen molar-refractivity contribution in [3.63, 3.8) is 0 Å². The van der Waals surface area contributed by atoms with Crippen molar-refractivity contribution in [2.24, 2.45) is 0 Å². The zero-order valence-electron chi connectivity index (χ0n) is 17.8. The Kier molecular flexibility index (Phi) is 5.18. The van der Waals surface area contributed by atoms with Crippen LogP contribution in [0.3, 0.4) is 0 Å². The van der Waals surface area contributed by atoms with Crippen LogP contribution in [0.5, 0.6) is 0 Å². The molecule has 4 aromatic rings. The summed E-state index contributed by atoms with van der Waals surface area (Å²) >= 11 is 0. The molecule has 32 heavy (non-hydrogen) atoms. The van der Waals surface area contributed by atoms with Crippen molar-refractivity contribution in [3.05, 3.63) is 88.2 Å². The predicted octanol–water partition coefficient (Wildman–Crippen LogP) is 2.87.